The molecule has 3 N–H and O–H groups in total. The number of ether oxygens (including phenoxy) is 1. The Morgan fingerprint density at radius 2 is 2.05 bits per heavy atom. The summed E-state index contributed by atoms with van der Waals surface area (Å²) in [6.45, 7) is 5.00. The van der Waals surface area contributed by atoms with Gasteiger partial charge in [0.2, 0.25) is 0 Å². The number of rotatable bonds is 7. The Morgan fingerprint density at radius 1 is 1.37 bits per heavy atom. The zero-order valence-electron chi connectivity index (χ0n) is 11.8. The molecule has 1 atom stereocenters. The van der Waals surface area contributed by atoms with Crippen molar-refractivity contribution in [3.8, 4) is 0 Å². The molecule has 1 amide bonds. The summed E-state index contributed by atoms with van der Waals surface area (Å²) in [6.07, 6.45) is 2.25. The van der Waals surface area contributed by atoms with Crippen molar-refractivity contribution in [3.05, 3.63) is 35.9 Å². The zero-order chi connectivity index (χ0) is 14.1. The van der Waals surface area contributed by atoms with Crippen molar-refractivity contribution in [1.82, 2.24) is 5.32 Å². The summed E-state index contributed by atoms with van der Waals surface area (Å²) in [4.78, 5) is 11.4. The number of hydrogen-bond acceptors (Lipinski definition) is 3. The Morgan fingerprint density at radius 3 is 2.68 bits per heavy atom. The Bertz CT molecular complexity index is 377. The third kappa shape index (κ3) is 5.75. The van der Waals surface area contributed by atoms with E-state index in [-0.39, 0.29) is 6.09 Å². The summed E-state index contributed by atoms with van der Waals surface area (Å²) < 4.78 is 5.12. The summed E-state index contributed by atoms with van der Waals surface area (Å²) >= 11 is 0. The van der Waals surface area contributed by atoms with E-state index in [1.807, 2.05) is 37.3 Å². The van der Waals surface area contributed by atoms with E-state index >= 15 is 0 Å². The van der Waals surface area contributed by atoms with E-state index in [0.717, 1.165) is 18.4 Å². The maximum atomic E-state index is 11.4. The van der Waals surface area contributed by atoms with Gasteiger partial charge in [-0.15, -0.1) is 0 Å². The lowest BCUT2D eigenvalue weighted by Gasteiger charge is -2.25. The fraction of sp³-hybridized carbons (Fsp3) is 0.533. The number of carbonyl (C=O) groups excluding carboxylic acids is 1. The minimum atomic E-state index is -0.481. The highest BCUT2D eigenvalue weighted by molar-refractivity contribution is 5.66. The third-order valence-electron chi connectivity index (χ3n) is 3.09. The first-order valence-corrected chi connectivity index (χ1v) is 6.81. The Kier molecular flexibility index (Phi) is 6.36. The van der Waals surface area contributed by atoms with E-state index < -0.39 is 5.54 Å². The van der Waals surface area contributed by atoms with Crippen LogP contribution in [-0.2, 0) is 10.3 Å². The van der Waals surface area contributed by atoms with Crippen LogP contribution in [0.2, 0.25) is 0 Å². The molecule has 0 radical (unpaired) electrons. The molecule has 0 saturated heterocycles. The molecule has 4 heteroatoms. The highest BCUT2D eigenvalue weighted by atomic mass is 16.5. The molecular formula is C15H24N2O2. The molecule has 0 aliphatic carbocycles. The first kappa shape index (κ1) is 15.5. The summed E-state index contributed by atoms with van der Waals surface area (Å²) in [6, 6.07) is 9.84. The summed E-state index contributed by atoms with van der Waals surface area (Å²) in [5.74, 6) is 0. The third-order valence-corrected chi connectivity index (χ3v) is 3.09. The quantitative estimate of drug-likeness (QED) is 0.744. The van der Waals surface area contributed by atoms with E-state index in [2.05, 4.69) is 12.2 Å². The molecule has 0 heterocycles. The van der Waals surface area contributed by atoms with Gasteiger partial charge in [0, 0.05) is 18.5 Å². The van der Waals surface area contributed by atoms with Crippen molar-refractivity contribution in [1.29, 1.82) is 0 Å². The van der Waals surface area contributed by atoms with Gasteiger partial charge in [-0.05, 0) is 18.9 Å². The van der Waals surface area contributed by atoms with Crippen LogP contribution in [0, 0.1) is 0 Å². The van der Waals surface area contributed by atoms with Crippen molar-refractivity contribution in [3.63, 3.8) is 0 Å². The largest absolute Gasteiger partial charge is 0.449 e. The summed E-state index contributed by atoms with van der Waals surface area (Å²) in [5.41, 5.74) is 6.80. The van der Waals surface area contributed by atoms with Gasteiger partial charge in [0.1, 0.15) is 0 Å². The van der Waals surface area contributed by atoms with Crippen LogP contribution >= 0.6 is 0 Å². The number of carbonyl (C=O) groups is 1. The van der Waals surface area contributed by atoms with E-state index in [0.29, 0.717) is 19.6 Å². The molecule has 1 aromatic rings. The first-order valence-electron chi connectivity index (χ1n) is 6.81. The second kappa shape index (κ2) is 7.79. The van der Waals surface area contributed by atoms with Crippen LogP contribution in [0.25, 0.3) is 0 Å². The molecule has 106 valence electrons. The van der Waals surface area contributed by atoms with Crippen LogP contribution in [0.3, 0.4) is 0 Å². The van der Waals surface area contributed by atoms with Crippen LogP contribution in [0.5, 0.6) is 0 Å². The van der Waals surface area contributed by atoms with Crippen LogP contribution in [-0.4, -0.2) is 19.2 Å². The van der Waals surface area contributed by atoms with E-state index in [9.17, 15) is 4.79 Å². The topological polar surface area (TPSA) is 64.3 Å². The molecule has 0 bridgehead atoms. The lowest BCUT2D eigenvalue weighted by Crippen LogP contribution is -2.35. The fourth-order valence-corrected chi connectivity index (χ4v) is 1.74. The fourth-order valence-electron chi connectivity index (χ4n) is 1.74. The standard InChI is InChI=1S/C15H24N2O2/c1-3-4-11-17-14(18)19-12-10-15(2,16)13-8-6-5-7-9-13/h5-9H,3-4,10-12,16H2,1-2H3,(H,17,18). The smallest absolute Gasteiger partial charge is 0.407 e. The molecule has 4 nitrogen and oxygen atoms in total. The lowest BCUT2D eigenvalue weighted by atomic mass is 9.90. The Labute approximate surface area is 115 Å². The van der Waals surface area contributed by atoms with Gasteiger partial charge in [0.15, 0.2) is 0 Å². The van der Waals surface area contributed by atoms with Gasteiger partial charge in [-0.1, -0.05) is 43.7 Å². The molecule has 1 aromatic carbocycles. The highest BCUT2D eigenvalue weighted by Gasteiger charge is 2.21. The second-order valence-corrected chi connectivity index (χ2v) is 4.95. The van der Waals surface area contributed by atoms with Gasteiger partial charge < -0.3 is 15.8 Å². The van der Waals surface area contributed by atoms with Crippen molar-refractivity contribution in [2.24, 2.45) is 5.73 Å². The lowest BCUT2D eigenvalue weighted by molar-refractivity contribution is 0.136. The predicted octanol–water partition coefficient (Wildman–Crippen LogP) is 2.78. The molecule has 0 aliphatic heterocycles. The number of nitrogens with two attached hydrogens (primary N) is 1. The van der Waals surface area contributed by atoms with Gasteiger partial charge in [-0.2, -0.15) is 0 Å². The number of benzene rings is 1. The zero-order valence-corrected chi connectivity index (χ0v) is 11.8. The second-order valence-electron chi connectivity index (χ2n) is 4.95. The summed E-state index contributed by atoms with van der Waals surface area (Å²) in [7, 11) is 0. The molecule has 0 fully saturated rings. The van der Waals surface area contributed by atoms with Gasteiger partial charge in [-0.25, -0.2) is 4.79 Å². The maximum Gasteiger partial charge on any atom is 0.407 e. The minimum absolute atomic E-state index is 0.319. The average molecular weight is 264 g/mol. The van der Waals surface area contributed by atoms with Crippen LogP contribution in [0.1, 0.15) is 38.7 Å². The van der Waals surface area contributed by atoms with Gasteiger partial charge in [0.25, 0.3) is 0 Å². The van der Waals surface area contributed by atoms with Crippen molar-refractivity contribution in [2.45, 2.75) is 38.6 Å². The molecule has 0 spiro atoms. The normalized spacial score (nSPS) is 13.6. The number of unbranched alkanes of at least 4 members (excludes halogenated alkanes) is 1. The molecular weight excluding hydrogens is 240 g/mol. The van der Waals surface area contributed by atoms with Crippen LogP contribution in [0.15, 0.2) is 30.3 Å². The molecule has 0 aromatic heterocycles. The van der Waals surface area contributed by atoms with Crippen molar-refractivity contribution in [2.75, 3.05) is 13.2 Å². The molecule has 1 rings (SSSR count). The monoisotopic (exact) mass is 264 g/mol. The highest BCUT2D eigenvalue weighted by Crippen LogP contribution is 2.20. The SMILES string of the molecule is CCCCNC(=O)OCCC(C)(N)c1ccccc1. The average Bonchev–Trinajstić information content (AvgIpc) is 2.40. The van der Waals surface area contributed by atoms with Gasteiger partial charge in [0.05, 0.1) is 6.61 Å². The van der Waals surface area contributed by atoms with Crippen LogP contribution < -0.4 is 11.1 Å². The molecule has 19 heavy (non-hydrogen) atoms. The number of hydrogen-bond donors (Lipinski definition) is 2. The first-order chi connectivity index (χ1) is 9.06. The van der Waals surface area contributed by atoms with Gasteiger partial charge in [-0.3, -0.25) is 0 Å². The van der Waals surface area contributed by atoms with E-state index in [1.54, 1.807) is 0 Å². The number of amides is 1. The van der Waals surface area contributed by atoms with Crippen molar-refractivity contribution >= 4 is 6.09 Å². The Balaban J connectivity index is 2.30. The van der Waals surface area contributed by atoms with E-state index in [1.165, 1.54) is 0 Å². The number of nitrogens with one attached hydrogen (secondary N) is 1. The molecule has 0 saturated carbocycles. The number of alkyl carbamates (subject to hydrolysis) is 1. The van der Waals surface area contributed by atoms with Crippen LogP contribution in [0.4, 0.5) is 4.79 Å². The Hall–Kier alpha value is -1.55. The minimum Gasteiger partial charge on any atom is -0.449 e. The maximum absolute atomic E-state index is 11.4. The molecule has 0 aliphatic rings. The van der Waals surface area contributed by atoms with Gasteiger partial charge >= 0.3 is 6.09 Å². The predicted molar refractivity (Wildman–Crippen MR) is 76.9 cm³/mol. The molecule has 1 unspecified atom stereocenters. The summed E-state index contributed by atoms with van der Waals surface area (Å²) in [5, 5.41) is 2.71. The van der Waals surface area contributed by atoms with Crippen molar-refractivity contribution < 1.29 is 9.53 Å². The van der Waals surface area contributed by atoms with E-state index in [4.69, 9.17) is 10.5 Å².